The van der Waals surface area contributed by atoms with Gasteiger partial charge in [0.05, 0.1) is 11.2 Å². The van der Waals surface area contributed by atoms with Crippen LogP contribution in [0.5, 0.6) is 5.75 Å². The monoisotopic (exact) mass is 339 g/mol. The molecule has 1 saturated carbocycles. The van der Waals surface area contributed by atoms with Crippen molar-refractivity contribution >= 4 is 28.5 Å². The van der Waals surface area contributed by atoms with Crippen LogP contribution in [0.15, 0.2) is 48.5 Å². The lowest BCUT2D eigenvalue weighted by Crippen LogP contribution is -2.14. The smallest absolute Gasteiger partial charge is 0.340 e. The molecule has 4 rings (SSSR count). The first-order valence-corrected chi connectivity index (χ1v) is 8.02. The normalized spacial score (nSPS) is 15.4. The minimum Gasteiger partial charge on any atom is -0.505 e. The summed E-state index contributed by atoms with van der Waals surface area (Å²) in [4.78, 5) is 16.3. The maximum absolute atomic E-state index is 11.7. The Balaban J connectivity index is 1.99. The van der Waals surface area contributed by atoms with Crippen molar-refractivity contribution in [1.82, 2.24) is 4.98 Å². The highest BCUT2D eigenvalue weighted by atomic mass is 35.5. The van der Waals surface area contributed by atoms with Crippen molar-refractivity contribution in [3.63, 3.8) is 0 Å². The summed E-state index contributed by atoms with van der Waals surface area (Å²) in [5, 5.41) is 21.3. The number of halogens is 1. The maximum atomic E-state index is 11.7. The third-order valence-corrected chi connectivity index (χ3v) is 4.93. The van der Waals surface area contributed by atoms with Gasteiger partial charge < -0.3 is 10.2 Å². The van der Waals surface area contributed by atoms with Crippen molar-refractivity contribution in [3.05, 3.63) is 70.4 Å². The Hall–Kier alpha value is -2.59. The predicted molar refractivity (Wildman–Crippen MR) is 91.8 cm³/mol. The first-order valence-electron chi connectivity index (χ1n) is 7.64. The number of hydrogen-bond acceptors (Lipinski definition) is 3. The van der Waals surface area contributed by atoms with Crippen molar-refractivity contribution in [3.8, 4) is 5.75 Å². The van der Waals surface area contributed by atoms with Crippen molar-refractivity contribution < 1.29 is 15.0 Å². The van der Waals surface area contributed by atoms with Gasteiger partial charge in [0.25, 0.3) is 0 Å². The summed E-state index contributed by atoms with van der Waals surface area (Å²) in [6.07, 6.45) is 1.62. The molecule has 2 aromatic carbocycles. The molecule has 0 aliphatic heterocycles. The number of carboxylic acids is 1. The fourth-order valence-electron chi connectivity index (χ4n) is 3.31. The van der Waals surface area contributed by atoms with Crippen LogP contribution in [0.3, 0.4) is 0 Å². The molecule has 1 aliphatic rings. The van der Waals surface area contributed by atoms with E-state index in [1.807, 2.05) is 18.2 Å². The topological polar surface area (TPSA) is 70.4 Å². The SMILES string of the molecule is O=C(O)c1c(O)c(C2(c3ccc(Cl)cc3)CC2)nc2ccccc12. The van der Waals surface area contributed by atoms with Crippen LogP contribution < -0.4 is 0 Å². The van der Waals surface area contributed by atoms with Gasteiger partial charge in [-0.25, -0.2) is 9.78 Å². The van der Waals surface area contributed by atoms with Crippen LogP contribution in [0.4, 0.5) is 0 Å². The molecule has 0 unspecified atom stereocenters. The fourth-order valence-corrected chi connectivity index (χ4v) is 3.43. The molecule has 0 radical (unpaired) electrons. The van der Waals surface area contributed by atoms with Crippen LogP contribution in [-0.2, 0) is 5.41 Å². The second-order valence-corrected chi connectivity index (χ2v) is 6.53. The number of aromatic nitrogens is 1. The molecule has 0 spiro atoms. The summed E-state index contributed by atoms with van der Waals surface area (Å²) >= 11 is 5.96. The number of hydrogen-bond donors (Lipinski definition) is 2. The third kappa shape index (κ3) is 2.14. The van der Waals surface area contributed by atoms with Crippen LogP contribution in [-0.4, -0.2) is 21.2 Å². The Morgan fingerprint density at radius 1 is 1.08 bits per heavy atom. The second kappa shape index (κ2) is 5.21. The number of nitrogens with zero attached hydrogens (tertiary/aromatic N) is 1. The third-order valence-electron chi connectivity index (χ3n) is 4.68. The molecule has 5 heteroatoms. The molecular weight excluding hydrogens is 326 g/mol. The van der Waals surface area contributed by atoms with E-state index in [0.29, 0.717) is 21.6 Å². The maximum Gasteiger partial charge on any atom is 0.340 e. The van der Waals surface area contributed by atoms with Gasteiger partial charge in [0.2, 0.25) is 0 Å². The summed E-state index contributed by atoms with van der Waals surface area (Å²) in [5.41, 5.74) is 1.46. The number of benzene rings is 2. The number of rotatable bonds is 3. The van der Waals surface area contributed by atoms with Gasteiger partial charge in [0.1, 0.15) is 5.56 Å². The van der Waals surface area contributed by atoms with Crippen molar-refractivity contribution in [2.75, 3.05) is 0 Å². The second-order valence-electron chi connectivity index (χ2n) is 6.10. The van der Waals surface area contributed by atoms with E-state index in [-0.39, 0.29) is 11.3 Å². The Labute approximate surface area is 143 Å². The minimum atomic E-state index is -1.15. The minimum absolute atomic E-state index is 0.0872. The number of aromatic carboxylic acids is 1. The van der Waals surface area contributed by atoms with E-state index in [1.54, 1.807) is 30.3 Å². The largest absolute Gasteiger partial charge is 0.505 e. The first kappa shape index (κ1) is 15.0. The van der Waals surface area contributed by atoms with E-state index < -0.39 is 11.4 Å². The molecule has 0 atom stereocenters. The number of fused-ring (bicyclic) bond motifs is 1. The van der Waals surface area contributed by atoms with E-state index >= 15 is 0 Å². The predicted octanol–water partition coefficient (Wildman–Crippen LogP) is 4.37. The Bertz CT molecular complexity index is 962. The zero-order valence-corrected chi connectivity index (χ0v) is 13.4. The Kier molecular flexibility index (Phi) is 3.25. The molecule has 0 saturated heterocycles. The molecule has 2 N–H and O–H groups in total. The summed E-state index contributed by atoms with van der Waals surface area (Å²) in [5.74, 6) is -1.40. The molecule has 4 nitrogen and oxygen atoms in total. The Morgan fingerprint density at radius 3 is 2.38 bits per heavy atom. The van der Waals surface area contributed by atoms with Crippen LogP contribution in [0.1, 0.15) is 34.5 Å². The molecular formula is C19H14ClNO3. The summed E-state index contributed by atoms with van der Waals surface area (Å²) < 4.78 is 0. The first-order chi connectivity index (χ1) is 11.5. The van der Waals surface area contributed by atoms with Gasteiger partial charge in [-0.3, -0.25) is 0 Å². The summed E-state index contributed by atoms with van der Waals surface area (Å²) in [6.45, 7) is 0. The molecule has 1 aliphatic carbocycles. The molecule has 0 bridgehead atoms. The highest BCUT2D eigenvalue weighted by molar-refractivity contribution is 6.30. The van der Waals surface area contributed by atoms with Crippen molar-refractivity contribution in [1.29, 1.82) is 0 Å². The number of para-hydroxylation sites is 1. The zero-order valence-electron chi connectivity index (χ0n) is 12.7. The Morgan fingerprint density at radius 2 is 1.75 bits per heavy atom. The van der Waals surface area contributed by atoms with Crippen LogP contribution >= 0.6 is 11.6 Å². The lowest BCUT2D eigenvalue weighted by molar-refractivity contribution is 0.0695. The highest BCUT2D eigenvalue weighted by Gasteiger charge is 2.49. The number of carbonyl (C=O) groups is 1. The molecule has 1 heterocycles. The fraction of sp³-hybridized carbons (Fsp3) is 0.158. The molecule has 120 valence electrons. The summed E-state index contributed by atoms with van der Waals surface area (Å²) in [7, 11) is 0. The van der Waals surface area contributed by atoms with E-state index in [0.717, 1.165) is 18.4 Å². The average molecular weight is 340 g/mol. The van der Waals surface area contributed by atoms with Gasteiger partial charge in [0, 0.05) is 15.8 Å². The van der Waals surface area contributed by atoms with Gasteiger partial charge >= 0.3 is 5.97 Å². The molecule has 3 aromatic rings. The summed E-state index contributed by atoms with van der Waals surface area (Å²) in [6, 6.07) is 14.4. The van der Waals surface area contributed by atoms with Gasteiger partial charge in [-0.1, -0.05) is 41.9 Å². The lowest BCUT2D eigenvalue weighted by atomic mass is 9.89. The number of carboxylic acid groups (broad SMARTS) is 1. The number of pyridine rings is 1. The van der Waals surface area contributed by atoms with Crippen molar-refractivity contribution in [2.45, 2.75) is 18.3 Å². The van der Waals surface area contributed by atoms with E-state index in [4.69, 9.17) is 11.6 Å². The lowest BCUT2D eigenvalue weighted by Gasteiger charge is -2.19. The van der Waals surface area contributed by atoms with E-state index in [9.17, 15) is 15.0 Å². The number of aromatic hydroxyl groups is 1. The van der Waals surface area contributed by atoms with Gasteiger partial charge in [-0.2, -0.15) is 0 Å². The highest BCUT2D eigenvalue weighted by Crippen LogP contribution is 2.56. The molecule has 0 amide bonds. The zero-order chi connectivity index (χ0) is 16.9. The standard InChI is InChI=1S/C19H14ClNO3/c20-12-7-5-11(6-8-12)19(9-10-19)17-16(22)15(18(23)24)13-3-1-2-4-14(13)21-17/h1-8,22H,9-10H2,(H,23,24). The molecule has 1 aromatic heterocycles. The molecule has 24 heavy (non-hydrogen) atoms. The van der Waals surface area contributed by atoms with Crippen LogP contribution in [0, 0.1) is 0 Å². The van der Waals surface area contributed by atoms with Gasteiger partial charge in [0.15, 0.2) is 5.75 Å². The van der Waals surface area contributed by atoms with Gasteiger partial charge in [-0.15, -0.1) is 0 Å². The van der Waals surface area contributed by atoms with E-state index in [2.05, 4.69) is 4.98 Å². The van der Waals surface area contributed by atoms with Crippen LogP contribution in [0.25, 0.3) is 10.9 Å². The average Bonchev–Trinajstić information content (AvgIpc) is 3.36. The van der Waals surface area contributed by atoms with Gasteiger partial charge in [-0.05, 0) is 36.6 Å². The van der Waals surface area contributed by atoms with Crippen molar-refractivity contribution in [2.24, 2.45) is 0 Å². The van der Waals surface area contributed by atoms with E-state index in [1.165, 1.54) is 0 Å². The quantitative estimate of drug-likeness (QED) is 0.743. The molecule has 1 fully saturated rings. The van der Waals surface area contributed by atoms with Crippen LogP contribution in [0.2, 0.25) is 5.02 Å².